The molecule has 0 saturated carbocycles. The van der Waals surface area contributed by atoms with Crippen molar-refractivity contribution in [2.45, 2.75) is 33.7 Å². The van der Waals surface area contributed by atoms with E-state index in [9.17, 15) is 9.18 Å². The average molecular weight is 508 g/mol. The van der Waals surface area contributed by atoms with Crippen LogP contribution in [0.25, 0.3) is 10.9 Å². The molecule has 1 atom stereocenters. The maximum absolute atomic E-state index is 14.8. The number of carbonyl (C=O) groups is 1. The second-order valence-electron chi connectivity index (χ2n) is 8.61. The predicted molar refractivity (Wildman–Crippen MR) is 143 cm³/mol. The van der Waals surface area contributed by atoms with E-state index in [0.29, 0.717) is 16.8 Å². The lowest BCUT2D eigenvalue weighted by Crippen LogP contribution is -2.48. The summed E-state index contributed by atoms with van der Waals surface area (Å²) in [5.74, 6) is -0.120. The van der Waals surface area contributed by atoms with Gasteiger partial charge in [0.05, 0.1) is 11.6 Å². The lowest BCUT2D eigenvalue weighted by Gasteiger charge is -2.35. The fourth-order valence-corrected chi connectivity index (χ4v) is 4.39. The molecular formula is C25H32Cl2FN5O. The number of pyridine rings is 1. The van der Waals surface area contributed by atoms with Crippen LogP contribution in [0.15, 0.2) is 36.4 Å². The van der Waals surface area contributed by atoms with Gasteiger partial charge in [-0.05, 0) is 62.7 Å². The van der Waals surface area contributed by atoms with Gasteiger partial charge in [0.15, 0.2) is 0 Å². The van der Waals surface area contributed by atoms with E-state index in [4.69, 9.17) is 5.73 Å². The molecule has 6 nitrogen and oxygen atoms in total. The summed E-state index contributed by atoms with van der Waals surface area (Å²) in [6, 6.07) is 11.3. The van der Waals surface area contributed by atoms with Crippen molar-refractivity contribution in [2.24, 2.45) is 0 Å². The zero-order valence-electron chi connectivity index (χ0n) is 19.9. The molecule has 4 rings (SSSR count). The van der Waals surface area contributed by atoms with Gasteiger partial charge in [0, 0.05) is 66.8 Å². The third-order valence-corrected chi connectivity index (χ3v) is 6.15. The van der Waals surface area contributed by atoms with Crippen LogP contribution in [0.2, 0.25) is 0 Å². The van der Waals surface area contributed by atoms with Crippen LogP contribution in [0.3, 0.4) is 0 Å². The summed E-state index contributed by atoms with van der Waals surface area (Å²) in [5.41, 5.74) is 11.4. The molecule has 0 radical (unpaired) electrons. The van der Waals surface area contributed by atoms with Crippen molar-refractivity contribution >= 4 is 58.7 Å². The second kappa shape index (κ2) is 11.1. The molecule has 1 amide bonds. The number of nitrogens with two attached hydrogens (primary N) is 1. The van der Waals surface area contributed by atoms with Gasteiger partial charge in [-0.2, -0.15) is 0 Å². The van der Waals surface area contributed by atoms with E-state index in [0.717, 1.165) is 54.2 Å². The Labute approximate surface area is 212 Å². The van der Waals surface area contributed by atoms with Crippen LogP contribution in [0.1, 0.15) is 36.7 Å². The predicted octanol–water partition coefficient (Wildman–Crippen LogP) is 5.26. The third-order valence-electron chi connectivity index (χ3n) is 6.15. The highest BCUT2D eigenvalue weighted by Gasteiger charge is 2.20. The Balaban J connectivity index is 0.00000204. The summed E-state index contributed by atoms with van der Waals surface area (Å²) in [7, 11) is 0. The van der Waals surface area contributed by atoms with Crippen molar-refractivity contribution < 1.29 is 9.18 Å². The molecule has 1 aliphatic heterocycles. The Morgan fingerprint density at radius 1 is 1.09 bits per heavy atom. The number of carbonyl (C=O) groups excluding carboxylic acids is 1. The maximum atomic E-state index is 14.8. The van der Waals surface area contributed by atoms with Gasteiger partial charge >= 0.3 is 0 Å². The van der Waals surface area contributed by atoms with Crippen LogP contribution in [-0.2, 0) is 4.79 Å². The van der Waals surface area contributed by atoms with E-state index in [1.54, 1.807) is 26.0 Å². The van der Waals surface area contributed by atoms with Crippen LogP contribution in [0, 0.1) is 19.7 Å². The van der Waals surface area contributed by atoms with Crippen molar-refractivity contribution in [3.8, 4) is 0 Å². The molecule has 0 aliphatic carbocycles. The highest BCUT2D eigenvalue weighted by Crippen LogP contribution is 2.32. The quantitative estimate of drug-likeness (QED) is 0.471. The number of anilines is 3. The molecule has 1 aliphatic rings. The topological polar surface area (TPSA) is 74.5 Å². The van der Waals surface area contributed by atoms with E-state index < -0.39 is 0 Å². The van der Waals surface area contributed by atoms with Crippen LogP contribution in [0.4, 0.5) is 21.5 Å². The van der Waals surface area contributed by atoms with Gasteiger partial charge in [-0.25, -0.2) is 4.39 Å². The molecular weight excluding hydrogens is 476 g/mol. The highest BCUT2D eigenvalue weighted by atomic mass is 35.5. The monoisotopic (exact) mass is 507 g/mol. The fraction of sp³-hybridized carbons (Fsp3) is 0.360. The summed E-state index contributed by atoms with van der Waals surface area (Å²) >= 11 is 0. The molecule has 1 aromatic heterocycles. The van der Waals surface area contributed by atoms with E-state index >= 15 is 0 Å². The smallest absolute Gasteiger partial charge is 0.219 e. The first-order chi connectivity index (χ1) is 15.2. The highest BCUT2D eigenvalue weighted by molar-refractivity contribution is 5.94. The van der Waals surface area contributed by atoms with Gasteiger partial charge in [-0.3, -0.25) is 9.78 Å². The first-order valence-electron chi connectivity index (χ1n) is 11.0. The Morgan fingerprint density at radius 2 is 1.76 bits per heavy atom. The molecule has 1 unspecified atom stereocenters. The largest absolute Gasteiger partial charge is 0.399 e. The summed E-state index contributed by atoms with van der Waals surface area (Å²) < 4.78 is 14.8. The van der Waals surface area contributed by atoms with Crippen LogP contribution in [0.5, 0.6) is 0 Å². The molecule has 2 aromatic carbocycles. The Kier molecular flexibility index (Phi) is 8.97. The normalized spacial score (nSPS) is 14.3. The van der Waals surface area contributed by atoms with E-state index in [1.165, 1.54) is 0 Å². The lowest BCUT2D eigenvalue weighted by molar-refractivity contribution is -0.129. The van der Waals surface area contributed by atoms with Crippen molar-refractivity contribution in [3.05, 3.63) is 59.0 Å². The second-order valence-corrected chi connectivity index (χ2v) is 8.61. The molecule has 9 heteroatoms. The number of nitrogen functional groups attached to an aromatic ring is 1. The molecule has 3 aromatic rings. The summed E-state index contributed by atoms with van der Waals surface area (Å²) in [6.07, 6.45) is 0. The number of amides is 1. The summed E-state index contributed by atoms with van der Waals surface area (Å²) in [5, 5.41) is 4.46. The Bertz CT molecular complexity index is 1180. The number of hydrogen-bond acceptors (Lipinski definition) is 5. The number of nitrogens with one attached hydrogen (secondary N) is 1. The maximum Gasteiger partial charge on any atom is 0.219 e. The number of hydrogen-bond donors (Lipinski definition) is 2. The molecule has 1 fully saturated rings. The van der Waals surface area contributed by atoms with Gasteiger partial charge < -0.3 is 20.9 Å². The minimum Gasteiger partial charge on any atom is -0.399 e. The molecule has 0 bridgehead atoms. The zero-order chi connectivity index (χ0) is 23.0. The number of aromatic nitrogens is 1. The van der Waals surface area contributed by atoms with Gasteiger partial charge in [0.2, 0.25) is 5.91 Å². The van der Waals surface area contributed by atoms with Crippen LogP contribution in [-0.4, -0.2) is 42.0 Å². The van der Waals surface area contributed by atoms with E-state index in [1.807, 2.05) is 30.9 Å². The number of benzene rings is 2. The van der Waals surface area contributed by atoms with Gasteiger partial charge in [0.25, 0.3) is 0 Å². The number of halogens is 3. The number of nitrogens with zero attached hydrogens (tertiary/aromatic N) is 3. The van der Waals surface area contributed by atoms with Crippen molar-refractivity contribution in [2.75, 3.05) is 42.1 Å². The number of piperazine rings is 1. The zero-order valence-corrected chi connectivity index (χ0v) is 21.5. The first kappa shape index (κ1) is 27.5. The van der Waals surface area contributed by atoms with E-state index in [2.05, 4.69) is 27.3 Å². The minimum absolute atomic E-state index is 0. The van der Waals surface area contributed by atoms with Crippen LogP contribution < -0.4 is 16.0 Å². The van der Waals surface area contributed by atoms with E-state index in [-0.39, 0.29) is 42.6 Å². The number of fused-ring (bicyclic) bond motifs is 1. The average Bonchev–Trinajstić information content (AvgIpc) is 2.76. The fourth-order valence-electron chi connectivity index (χ4n) is 4.39. The van der Waals surface area contributed by atoms with Gasteiger partial charge in [0.1, 0.15) is 5.82 Å². The molecule has 184 valence electrons. The molecule has 34 heavy (non-hydrogen) atoms. The van der Waals surface area contributed by atoms with Crippen LogP contribution >= 0.6 is 24.8 Å². The minimum atomic E-state index is -0.273. The molecule has 3 N–H and O–H groups in total. The molecule has 0 spiro atoms. The van der Waals surface area contributed by atoms with Crippen molar-refractivity contribution in [1.82, 2.24) is 9.88 Å². The number of rotatable bonds is 4. The summed E-state index contributed by atoms with van der Waals surface area (Å²) in [6.45, 7) is 10.2. The standard InChI is InChI=1S/C25H30FN5O.2ClH/c1-15-11-19(27)13-21(25(15)26)17(3)29-24-12-16(2)28-23-6-5-20(14-22(23)24)31-9-7-30(8-10-31)18(4)32;;/h5-6,11-14,17H,7-10,27H2,1-4H3,(H,28,29);2*1H. The molecule has 1 saturated heterocycles. The van der Waals surface area contributed by atoms with Gasteiger partial charge in [-0.1, -0.05) is 0 Å². The van der Waals surface area contributed by atoms with Crippen molar-refractivity contribution in [1.29, 1.82) is 0 Å². The SMILES string of the molecule is CC(=O)N1CCN(c2ccc3nc(C)cc(NC(C)c4cc(N)cc(C)c4F)c3c2)CC1.Cl.Cl. The summed E-state index contributed by atoms with van der Waals surface area (Å²) in [4.78, 5) is 20.5. The first-order valence-corrected chi connectivity index (χ1v) is 11.0. The Hall–Kier alpha value is -2.77. The van der Waals surface area contributed by atoms with Crippen molar-refractivity contribution in [3.63, 3.8) is 0 Å². The Morgan fingerprint density at radius 3 is 2.41 bits per heavy atom. The third kappa shape index (κ3) is 5.65. The lowest BCUT2D eigenvalue weighted by atomic mass is 10.0. The van der Waals surface area contributed by atoms with Gasteiger partial charge in [-0.15, -0.1) is 24.8 Å². The molecule has 2 heterocycles. The number of aryl methyl sites for hydroxylation is 2.